The van der Waals surface area contributed by atoms with Crippen LogP contribution in [0.2, 0.25) is 5.02 Å². The zero-order valence-electron chi connectivity index (χ0n) is 11.9. The van der Waals surface area contributed by atoms with Gasteiger partial charge in [-0.05, 0) is 56.1 Å². The Labute approximate surface area is 124 Å². The average molecular weight is 294 g/mol. The maximum absolute atomic E-state index is 6.27. The van der Waals surface area contributed by atoms with E-state index in [1.807, 2.05) is 23.5 Å². The van der Waals surface area contributed by atoms with E-state index in [1.54, 1.807) is 0 Å². The summed E-state index contributed by atoms with van der Waals surface area (Å²) in [7, 11) is 0. The molecule has 0 bridgehead atoms. The predicted octanol–water partition coefficient (Wildman–Crippen LogP) is 5.03. The first-order chi connectivity index (χ1) is 9.04. The van der Waals surface area contributed by atoms with E-state index in [1.165, 1.54) is 26.4 Å². The lowest BCUT2D eigenvalue weighted by atomic mass is 9.95. The summed E-state index contributed by atoms with van der Waals surface area (Å²) in [6.45, 7) is 9.52. The van der Waals surface area contributed by atoms with Crippen LogP contribution < -0.4 is 5.32 Å². The van der Waals surface area contributed by atoms with Gasteiger partial charge in [-0.15, -0.1) is 11.3 Å². The van der Waals surface area contributed by atoms with Crippen LogP contribution in [0, 0.1) is 20.8 Å². The zero-order valence-corrected chi connectivity index (χ0v) is 13.5. The van der Waals surface area contributed by atoms with Gasteiger partial charge in [-0.1, -0.05) is 30.7 Å². The Hall–Kier alpha value is -0.830. The van der Waals surface area contributed by atoms with Gasteiger partial charge >= 0.3 is 0 Å². The SMILES string of the molecule is CCNC(c1cc(C)sc1C)c1cccc(Cl)c1C. The third-order valence-corrected chi connectivity index (χ3v) is 4.81. The van der Waals surface area contributed by atoms with E-state index < -0.39 is 0 Å². The molecule has 0 aliphatic heterocycles. The fraction of sp³-hybridized carbons (Fsp3) is 0.375. The molecule has 1 N–H and O–H groups in total. The third kappa shape index (κ3) is 3.02. The van der Waals surface area contributed by atoms with Crippen molar-refractivity contribution < 1.29 is 0 Å². The first-order valence-electron chi connectivity index (χ1n) is 6.60. The van der Waals surface area contributed by atoms with E-state index in [0.29, 0.717) is 0 Å². The lowest BCUT2D eigenvalue weighted by Gasteiger charge is -2.21. The molecule has 2 aromatic rings. The van der Waals surface area contributed by atoms with Gasteiger partial charge in [0, 0.05) is 14.8 Å². The summed E-state index contributed by atoms with van der Waals surface area (Å²) in [6, 6.07) is 8.67. The Balaban J connectivity index is 2.51. The van der Waals surface area contributed by atoms with Gasteiger partial charge in [0.15, 0.2) is 0 Å². The van der Waals surface area contributed by atoms with Crippen LogP contribution in [0.1, 0.15) is 39.4 Å². The average Bonchev–Trinajstić information content (AvgIpc) is 2.69. The van der Waals surface area contributed by atoms with Gasteiger partial charge in [-0.25, -0.2) is 0 Å². The van der Waals surface area contributed by atoms with Gasteiger partial charge in [0.25, 0.3) is 0 Å². The lowest BCUT2D eigenvalue weighted by Crippen LogP contribution is -2.23. The quantitative estimate of drug-likeness (QED) is 0.834. The fourth-order valence-corrected chi connectivity index (χ4v) is 3.61. The molecule has 1 unspecified atom stereocenters. The first kappa shape index (κ1) is 14.6. The molecule has 1 aromatic carbocycles. The van der Waals surface area contributed by atoms with Crippen LogP contribution in [0.25, 0.3) is 0 Å². The second kappa shape index (κ2) is 6.08. The number of hydrogen-bond acceptors (Lipinski definition) is 2. The minimum Gasteiger partial charge on any atom is -0.306 e. The number of hydrogen-bond donors (Lipinski definition) is 1. The molecule has 0 aliphatic carbocycles. The Morgan fingerprint density at radius 2 is 1.95 bits per heavy atom. The van der Waals surface area contributed by atoms with E-state index in [0.717, 1.165) is 11.6 Å². The minimum absolute atomic E-state index is 0.230. The predicted molar refractivity (Wildman–Crippen MR) is 85.5 cm³/mol. The second-order valence-electron chi connectivity index (χ2n) is 4.81. The van der Waals surface area contributed by atoms with Crippen LogP contribution in [-0.4, -0.2) is 6.54 Å². The maximum Gasteiger partial charge on any atom is 0.0590 e. The van der Waals surface area contributed by atoms with Gasteiger partial charge in [0.05, 0.1) is 6.04 Å². The van der Waals surface area contributed by atoms with Crippen molar-refractivity contribution in [2.75, 3.05) is 6.54 Å². The number of thiophene rings is 1. The molecular formula is C16H20ClNS. The highest BCUT2D eigenvalue weighted by molar-refractivity contribution is 7.12. The number of rotatable bonds is 4. The number of nitrogens with one attached hydrogen (secondary N) is 1. The van der Waals surface area contributed by atoms with Crippen molar-refractivity contribution >= 4 is 22.9 Å². The fourth-order valence-electron chi connectivity index (χ4n) is 2.47. The molecule has 1 aromatic heterocycles. The largest absolute Gasteiger partial charge is 0.306 e. The highest BCUT2D eigenvalue weighted by atomic mass is 35.5. The number of aryl methyl sites for hydroxylation is 2. The molecule has 19 heavy (non-hydrogen) atoms. The van der Waals surface area contributed by atoms with Crippen LogP contribution in [0.3, 0.4) is 0 Å². The summed E-state index contributed by atoms with van der Waals surface area (Å²) < 4.78 is 0. The summed E-state index contributed by atoms with van der Waals surface area (Å²) in [4.78, 5) is 2.73. The van der Waals surface area contributed by atoms with Gasteiger partial charge in [0.1, 0.15) is 0 Å². The topological polar surface area (TPSA) is 12.0 Å². The van der Waals surface area contributed by atoms with Crippen LogP contribution in [-0.2, 0) is 0 Å². The monoisotopic (exact) mass is 293 g/mol. The summed E-state index contributed by atoms with van der Waals surface area (Å²) in [6.07, 6.45) is 0. The van der Waals surface area contributed by atoms with Crippen LogP contribution in [0.5, 0.6) is 0 Å². The molecule has 1 nitrogen and oxygen atoms in total. The minimum atomic E-state index is 0.230. The van der Waals surface area contributed by atoms with Crippen LogP contribution in [0.4, 0.5) is 0 Å². The molecule has 1 heterocycles. The standard InChI is InChI=1S/C16H20ClNS/c1-5-18-16(14-9-10(2)19-12(14)4)13-7-6-8-15(17)11(13)3/h6-9,16,18H,5H2,1-4H3. The molecular weight excluding hydrogens is 274 g/mol. The van der Waals surface area contributed by atoms with Crippen molar-refractivity contribution in [1.29, 1.82) is 0 Å². The van der Waals surface area contributed by atoms with E-state index in [-0.39, 0.29) is 6.04 Å². The number of benzene rings is 1. The molecule has 0 radical (unpaired) electrons. The van der Waals surface area contributed by atoms with E-state index in [9.17, 15) is 0 Å². The molecule has 0 spiro atoms. The summed E-state index contributed by atoms with van der Waals surface area (Å²) >= 11 is 8.12. The van der Waals surface area contributed by atoms with E-state index in [4.69, 9.17) is 11.6 Å². The van der Waals surface area contributed by atoms with E-state index >= 15 is 0 Å². The van der Waals surface area contributed by atoms with Crippen molar-refractivity contribution in [1.82, 2.24) is 5.32 Å². The summed E-state index contributed by atoms with van der Waals surface area (Å²) in [5.41, 5.74) is 3.81. The normalized spacial score (nSPS) is 12.7. The van der Waals surface area contributed by atoms with Crippen LogP contribution in [0.15, 0.2) is 24.3 Å². The first-order valence-corrected chi connectivity index (χ1v) is 7.79. The Kier molecular flexibility index (Phi) is 4.67. The van der Waals surface area contributed by atoms with Crippen LogP contribution >= 0.6 is 22.9 Å². The van der Waals surface area contributed by atoms with Gasteiger partial charge in [-0.3, -0.25) is 0 Å². The molecule has 102 valence electrons. The summed E-state index contributed by atoms with van der Waals surface area (Å²) in [5.74, 6) is 0. The third-order valence-electron chi connectivity index (χ3n) is 3.42. The number of halogens is 1. The Bertz CT molecular complexity index is 574. The maximum atomic E-state index is 6.27. The van der Waals surface area contributed by atoms with E-state index in [2.05, 4.69) is 45.1 Å². The second-order valence-corrected chi connectivity index (χ2v) is 6.68. The van der Waals surface area contributed by atoms with Gasteiger partial charge < -0.3 is 5.32 Å². The highest BCUT2D eigenvalue weighted by Gasteiger charge is 2.19. The molecule has 0 saturated carbocycles. The Morgan fingerprint density at radius 1 is 1.21 bits per heavy atom. The molecule has 0 amide bonds. The smallest absolute Gasteiger partial charge is 0.0590 e. The van der Waals surface area contributed by atoms with Crippen molar-refractivity contribution in [3.8, 4) is 0 Å². The molecule has 1 atom stereocenters. The molecule has 0 fully saturated rings. The summed E-state index contributed by atoms with van der Waals surface area (Å²) in [5, 5.41) is 4.42. The van der Waals surface area contributed by atoms with Crippen molar-refractivity contribution in [3.63, 3.8) is 0 Å². The molecule has 2 rings (SSSR count). The van der Waals surface area contributed by atoms with Gasteiger partial charge in [-0.2, -0.15) is 0 Å². The van der Waals surface area contributed by atoms with Crippen molar-refractivity contribution in [2.45, 2.75) is 33.7 Å². The van der Waals surface area contributed by atoms with Gasteiger partial charge in [0.2, 0.25) is 0 Å². The Morgan fingerprint density at radius 3 is 2.53 bits per heavy atom. The van der Waals surface area contributed by atoms with Crippen molar-refractivity contribution in [3.05, 3.63) is 55.7 Å². The molecule has 0 aliphatic rings. The molecule has 0 saturated heterocycles. The lowest BCUT2D eigenvalue weighted by molar-refractivity contribution is 0.627. The zero-order chi connectivity index (χ0) is 14.0. The highest BCUT2D eigenvalue weighted by Crippen LogP contribution is 2.33. The molecule has 3 heteroatoms. The van der Waals surface area contributed by atoms with Crippen molar-refractivity contribution in [2.24, 2.45) is 0 Å².